The number of nitrogens with one attached hydrogen (secondary N) is 2. The highest BCUT2D eigenvalue weighted by molar-refractivity contribution is 7.99. The first kappa shape index (κ1) is 10.6. The molecule has 9 heteroatoms. The summed E-state index contributed by atoms with van der Waals surface area (Å²) in [6.07, 6.45) is 3.35. The van der Waals surface area contributed by atoms with Crippen molar-refractivity contribution in [2.75, 3.05) is 12.5 Å². The number of nitrogens with two attached hydrogens (primary N) is 1. The molecule has 8 nitrogen and oxygen atoms in total. The number of nitrogens with zero attached hydrogens (tertiary/aromatic N) is 4. The van der Waals surface area contributed by atoms with Gasteiger partial charge < -0.3 is 9.72 Å². The van der Waals surface area contributed by atoms with Gasteiger partial charge in [-0.05, 0) is 11.8 Å². The molecule has 16 heavy (non-hydrogen) atoms. The largest absolute Gasteiger partial charge is 0.467 e. The molecule has 0 radical (unpaired) electrons. The molecule has 0 bridgehead atoms. The SMILES string of the molecule is COc1nc(NN)nc(Sc2ncc[nH]2)n1. The number of imidazole rings is 1. The number of hydrogen-bond acceptors (Lipinski definition) is 8. The van der Waals surface area contributed by atoms with E-state index in [1.54, 1.807) is 12.4 Å². The van der Waals surface area contributed by atoms with Gasteiger partial charge >= 0.3 is 6.01 Å². The van der Waals surface area contributed by atoms with Crippen LogP contribution in [-0.4, -0.2) is 32.0 Å². The minimum absolute atomic E-state index is 0.192. The second-order valence-electron chi connectivity index (χ2n) is 2.57. The van der Waals surface area contributed by atoms with Crippen molar-refractivity contribution in [1.29, 1.82) is 0 Å². The Labute approximate surface area is 95.0 Å². The summed E-state index contributed by atoms with van der Waals surface area (Å²) in [4.78, 5) is 18.9. The highest BCUT2D eigenvalue weighted by Crippen LogP contribution is 2.22. The normalized spacial score (nSPS) is 10.1. The van der Waals surface area contributed by atoms with Crippen molar-refractivity contribution in [1.82, 2.24) is 24.9 Å². The zero-order valence-corrected chi connectivity index (χ0v) is 9.15. The van der Waals surface area contributed by atoms with Gasteiger partial charge in [0.05, 0.1) is 7.11 Å². The zero-order valence-electron chi connectivity index (χ0n) is 8.34. The van der Waals surface area contributed by atoms with E-state index in [1.165, 1.54) is 18.9 Å². The lowest BCUT2D eigenvalue weighted by Gasteiger charge is -2.03. The van der Waals surface area contributed by atoms with Crippen molar-refractivity contribution in [3.05, 3.63) is 12.4 Å². The van der Waals surface area contributed by atoms with E-state index in [4.69, 9.17) is 10.6 Å². The molecule has 2 heterocycles. The number of anilines is 1. The fourth-order valence-corrected chi connectivity index (χ4v) is 1.60. The van der Waals surface area contributed by atoms with Crippen LogP contribution in [0, 0.1) is 0 Å². The maximum Gasteiger partial charge on any atom is 0.322 e. The minimum Gasteiger partial charge on any atom is -0.467 e. The Morgan fingerprint density at radius 1 is 1.44 bits per heavy atom. The van der Waals surface area contributed by atoms with Crippen molar-refractivity contribution in [3.63, 3.8) is 0 Å². The Kier molecular flexibility index (Phi) is 3.17. The minimum atomic E-state index is 0.192. The molecule has 0 aliphatic heterocycles. The Bertz CT molecular complexity index is 438. The van der Waals surface area contributed by atoms with E-state index < -0.39 is 0 Å². The van der Waals surface area contributed by atoms with Crippen LogP contribution >= 0.6 is 11.8 Å². The fraction of sp³-hybridized carbons (Fsp3) is 0.143. The van der Waals surface area contributed by atoms with Crippen LogP contribution < -0.4 is 16.0 Å². The highest BCUT2D eigenvalue weighted by atomic mass is 32.2. The van der Waals surface area contributed by atoms with Gasteiger partial charge in [-0.2, -0.15) is 15.0 Å². The molecule has 0 spiro atoms. The fourth-order valence-electron chi connectivity index (χ4n) is 0.933. The second kappa shape index (κ2) is 4.77. The number of hydrazine groups is 1. The first-order valence-electron chi connectivity index (χ1n) is 4.25. The monoisotopic (exact) mass is 239 g/mol. The lowest BCUT2D eigenvalue weighted by atomic mass is 10.9. The Morgan fingerprint density at radius 2 is 2.31 bits per heavy atom. The van der Waals surface area contributed by atoms with Crippen LogP contribution in [0.2, 0.25) is 0 Å². The maximum absolute atomic E-state index is 5.22. The first-order chi connectivity index (χ1) is 7.81. The summed E-state index contributed by atoms with van der Waals surface area (Å²) in [7, 11) is 1.47. The molecule has 0 amide bonds. The number of rotatable bonds is 4. The summed E-state index contributed by atoms with van der Waals surface area (Å²) in [5, 5.41) is 1.12. The number of ether oxygens (including phenoxy) is 1. The third-order valence-electron chi connectivity index (χ3n) is 1.57. The van der Waals surface area contributed by atoms with Crippen LogP contribution in [0.1, 0.15) is 0 Å². The molecule has 2 aromatic rings. The quantitative estimate of drug-likeness (QED) is 0.506. The van der Waals surface area contributed by atoms with Crippen LogP contribution in [0.25, 0.3) is 0 Å². The van der Waals surface area contributed by atoms with Crippen LogP contribution in [0.15, 0.2) is 22.7 Å². The third-order valence-corrected chi connectivity index (χ3v) is 2.35. The molecule has 0 saturated carbocycles. The molecule has 0 fully saturated rings. The van der Waals surface area contributed by atoms with Gasteiger partial charge in [-0.3, -0.25) is 5.43 Å². The Hall–Kier alpha value is -1.87. The van der Waals surface area contributed by atoms with E-state index >= 15 is 0 Å². The second-order valence-corrected chi connectivity index (χ2v) is 3.52. The van der Waals surface area contributed by atoms with E-state index in [0.717, 1.165) is 0 Å². The van der Waals surface area contributed by atoms with E-state index in [1.807, 2.05) is 0 Å². The van der Waals surface area contributed by atoms with Crippen LogP contribution in [0.4, 0.5) is 5.95 Å². The summed E-state index contributed by atoms with van der Waals surface area (Å²) >= 11 is 1.25. The van der Waals surface area contributed by atoms with Crippen LogP contribution in [-0.2, 0) is 0 Å². The van der Waals surface area contributed by atoms with Crippen molar-refractivity contribution in [2.45, 2.75) is 10.3 Å². The van der Waals surface area contributed by atoms with Crippen molar-refractivity contribution in [2.24, 2.45) is 5.84 Å². The molecular formula is C7H9N7OS. The number of hydrogen-bond donors (Lipinski definition) is 3. The van der Waals surface area contributed by atoms with Gasteiger partial charge in [0.2, 0.25) is 11.1 Å². The third kappa shape index (κ3) is 2.38. The molecule has 0 aliphatic carbocycles. The molecule has 4 N–H and O–H groups in total. The van der Waals surface area contributed by atoms with Crippen LogP contribution in [0.3, 0.4) is 0 Å². The molecule has 2 aromatic heterocycles. The molecule has 0 saturated heterocycles. The lowest BCUT2D eigenvalue weighted by Crippen LogP contribution is -2.12. The molecule has 0 aromatic carbocycles. The molecule has 0 unspecified atom stereocenters. The Morgan fingerprint density at radius 3 is 2.94 bits per heavy atom. The number of aromatic amines is 1. The number of nitrogen functional groups attached to an aromatic ring is 1. The van der Waals surface area contributed by atoms with Gasteiger partial charge in [-0.25, -0.2) is 10.8 Å². The topological polar surface area (TPSA) is 115 Å². The summed E-state index contributed by atoms with van der Waals surface area (Å²) in [5.74, 6) is 5.46. The summed E-state index contributed by atoms with van der Waals surface area (Å²) < 4.78 is 4.91. The average molecular weight is 239 g/mol. The summed E-state index contributed by atoms with van der Waals surface area (Å²) in [6.45, 7) is 0. The van der Waals surface area contributed by atoms with Gasteiger partial charge in [0, 0.05) is 12.4 Å². The molecule has 0 atom stereocenters. The summed E-state index contributed by atoms with van der Waals surface area (Å²) in [6, 6.07) is 0.192. The van der Waals surface area contributed by atoms with E-state index in [-0.39, 0.29) is 12.0 Å². The standard InChI is InChI=1S/C7H9N7OS/c1-15-5-11-4(14-8)12-7(13-5)16-6-9-2-3-10-6/h2-3H,8H2,1H3,(H,9,10)(H,11,12,13,14). The highest BCUT2D eigenvalue weighted by Gasteiger charge is 2.08. The van der Waals surface area contributed by atoms with Gasteiger partial charge in [-0.15, -0.1) is 0 Å². The summed E-state index contributed by atoms with van der Waals surface area (Å²) in [5.41, 5.74) is 2.34. The average Bonchev–Trinajstić information content (AvgIpc) is 2.81. The van der Waals surface area contributed by atoms with Gasteiger partial charge in [0.1, 0.15) is 0 Å². The number of methoxy groups -OCH3 is 1. The van der Waals surface area contributed by atoms with Gasteiger partial charge in [-0.1, -0.05) is 0 Å². The number of H-pyrrole nitrogens is 1. The Balaban J connectivity index is 2.26. The van der Waals surface area contributed by atoms with Gasteiger partial charge in [0.25, 0.3) is 0 Å². The smallest absolute Gasteiger partial charge is 0.322 e. The molecular weight excluding hydrogens is 230 g/mol. The predicted molar refractivity (Wildman–Crippen MR) is 56.9 cm³/mol. The molecule has 84 valence electrons. The van der Waals surface area contributed by atoms with Crippen LogP contribution in [0.5, 0.6) is 6.01 Å². The zero-order chi connectivity index (χ0) is 11.4. The number of aromatic nitrogens is 5. The van der Waals surface area contributed by atoms with Crippen molar-refractivity contribution in [3.8, 4) is 6.01 Å². The van der Waals surface area contributed by atoms with E-state index in [0.29, 0.717) is 10.3 Å². The van der Waals surface area contributed by atoms with Crippen molar-refractivity contribution < 1.29 is 4.74 Å². The maximum atomic E-state index is 5.22. The predicted octanol–water partition coefficient (Wildman–Crippen LogP) is 0.0401. The van der Waals surface area contributed by atoms with Crippen molar-refractivity contribution >= 4 is 17.7 Å². The molecule has 2 rings (SSSR count). The first-order valence-corrected chi connectivity index (χ1v) is 5.07. The van der Waals surface area contributed by atoms with Gasteiger partial charge in [0.15, 0.2) is 5.16 Å². The lowest BCUT2D eigenvalue weighted by molar-refractivity contribution is 0.373. The molecule has 0 aliphatic rings. The van der Waals surface area contributed by atoms with E-state index in [2.05, 4.69) is 30.3 Å². The van der Waals surface area contributed by atoms with E-state index in [9.17, 15) is 0 Å².